The van der Waals surface area contributed by atoms with Crippen LogP contribution in [-0.4, -0.2) is 36.6 Å². The highest BCUT2D eigenvalue weighted by Crippen LogP contribution is 2.34. The van der Waals surface area contributed by atoms with Crippen LogP contribution in [0.25, 0.3) is 0 Å². The van der Waals surface area contributed by atoms with Gasteiger partial charge in [-0.15, -0.1) is 11.3 Å². The maximum Gasteiger partial charge on any atom is 0.318 e. The first kappa shape index (κ1) is 15.8. The van der Waals surface area contributed by atoms with Crippen molar-refractivity contribution in [1.82, 2.24) is 15.2 Å². The predicted molar refractivity (Wildman–Crippen MR) is 93.8 cm³/mol. The number of amides is 2. The van der Waals surface area contributed by atoms with Gasteiger partial charge < -0.3 is 15.1 Å². The summed E-state index contributed by atoms with van der Waals surface area (Å²) in [5.74, 6) is 0.893. The lowest BCUT2D eigenvalue weighted by Crippen LogP contribution is -2.39. The molecule has 1 saturated heterocycles. The number of urea groups is 1. The Kier molecular flexibility index (Phi) is 4.81. The molecule has 5 nitrogen and oxygen atoms in total. The second-order valence-corrected chi connectivity index (χ2v) is 6.89. The number of nitrogens with zero attached hydrogens (tertiary/aromatic N) is 3. The minimum absolute atomic E-state index is 0.00876. The number of pyridine rings is 1. The summed E-state index contributed by atoms with van der Waals surface area (Å²) in [5, 5.41) is 5.13. The number of hydrogen-bond acceptors (Lipinski definition) is 4. The van der Waals surface area contributed by atoms with Crippen LogP contribution in [0.1, 0.15) is 29.3 Å². The van der Waals surface area contributed by atoms with Crippen molar-refractivity contribution >= 4 is 23.2 Å². The average molecular weight is 330 g/mol. The van der Waals surface area contributed by atoms with Crippen molar-refractivity contribution in [1.29, 1.82) is 0 Å². The van der Waals surface area contributed by atoms with Crippen molar-refractivity contribution in [3.63, 3.8) is 0 Å². The Morgan fingerprint density at radius 2 is 2.30 bits per heavy atom. The highest BCUT2D eigenvalue weighted by atomic mass is 32.1. The first-order valence-electron chi connectivity index (χ1n) is 7.86. The number of aromatic nitrogens is 1. The van der Waals surface area contributed by atoms with Crippen LogP contribution in [0.2, 0.25) is 0 Å². The Bertz CT molecular complexity index is 656. The van der Waals surface area contributed by atoms with E-state index < -0.39 is 0 Å². The second-order valence-electron chi connectivity index (χ2n) is 5.91. The van der Waals surface area contributed by atoms with Gasteiger partial charge in [0, 0.05) is 43.8 Å². The van der Waals surface area contributed by atoms with Gasteiger partial charge in [-0.3, -0.25) is 0 Å². The lowest BCUT2D eigenvalue weighted by atomic mass is 10.2. The van der Waals surface area contributed by atoms with Crippen molar-refractivity contribution in [3.05, 3.63) is 46.3 Å². The van der Waals surface area contributed by atoms with E-state index in [9.17, 15) is 4.79 Å². The highest BCUT2D eigenvalue weighted by Gasteiger charge is 2.30. The minimum Gasteiger partial charge on any atom is -0.362 e. The summed E-state index contributed by atoms with van der Waals surface area (Å²) in [6.07, 6.45) is 3.88. The van der Waals surface area contributed by atoms with Gasteiger partial charge in [0.25, 0.3) is 0 Å². The normalized spacial score (nSPS) is 17.3. The van der Waals surface area contributed by atoms with E-state index in [1.807, 2.05) is 42.1 Å². The molecule has 2 amide bonds. The van der Waals surface area contributed by atoms with Gasteiger partial charge in [0.05, 0.1) is 6.04 Å². The molecule has 2 aromatic heterocycles. The molecule has 1 atom stereocenters. The van der Waals surface area contributed by atoms with Crippen molar-refractivity contribution in [2.24, 2.45) is 0 Å². The Hall–Kier alpha value is -2.08. The molecule has 1 aliphatic rings. The van der Waals surface area contributed by atoms with Crippen molar-refractivity contribution < 1.29 is 4.79 Å². The van der Waals surface area contributed by atoms with Crippen LogP contribution in [0.4, 0.5) is 10.6 Å². The maximum atomic E-state index is 12.6. The van der Waals surface area contributed by atoms with E-state index in [4.69, 9.17) is 0 Å². The van der Waals surface area contributed by atoms with Gasteiger partial charge in [0.1, 0.15) is 5.82 Å². The predicted octanol–water partition coefficient (Wildman–Crippen LogP) is 3.26. The van der Waals surface area contributed by atoms with E-state index in [1.54, 1.807) is 17.5 Å². The number of carbonyl (C=O) groups is 1. The van der Waals surface area contributed by atoms with E-state index >= 15 is 0 Å². The van der Waals surface area contributed by atoms with Crippen LogP contribution in [0, 0.1) is 0 Å². The van der Waals surface area contributed by atoms with E-state index in [1.165, 1.54) is 4.88 Å². The molecule has 0 spiro atoms. The molecule has 1 unspecified atom stereocenters. The molecule has 122 valence electrons. The third-order valence-electron chi connectivity index (χ3n) is 4.11. The summed E-state index contributed by atoms with van der Waals surface area (Å²) in [7, 11) is 3.92. The molecular formula is C17H22N4OS. The molecular weight excluding hydrogens is 308 g/mol. The summed E-state index contributed by atoms with van der Waals surface area (Å²) in [6.45, 7) is 1.32. The molecule has 1 fully saturated rings. The maximum absolute atomic E-state index is 12.6. The van der Waals surface area contributed by atoms with Crippen LogP contribution in [0.3, 0.4) is 0 Å². The number of thiophene rings is 1. The second kappa shape index (κ2) is 7.00. The molecule has 0 aliphatic carbocycles. The number of hydrogen-bond donors (Lipinski definition) is 1. The summed E-state index contributed by atoms with van der Waals surface area (Å²) in [5.41, 5.74) is 1.03. The van der Waals surface area contributed by atoms with Crippen molar-refractivity contribution in [2.75, 3.05) is 25.5 Å². The zero-order chi connectivity index (χ0) is 16.2. The summed E-state index contributed by atoms with van der Waals surface area (Å²) in [4.78, 5) is 22.2. The topological polar surface area (TPSA) is 48.5 Å². The molecule has 2 aromatic rings. The minimum atomic E-state index is 0.00876. The molecule has 0 aromatic carbocycles. The van der Waals surface area contributed by atoms with Crippen LogP contribution >= 0.6 is 11.3 Å². The Balaban J connectivity index is 1.66. The molecule has 1 aliphatic heterocycles. The van der Waals surface area contributed by atoms with E-state index in [0.29, 0.717) is 6.54 Å². The molecule has 0 bridgehead atoms. The zero-order valence-electron chi connectivity index (χ0n) is 13.5. The molecule has 23 heavy (non-hydrogen) atoms. The first-order valence-corrected chi connectivity index (χ1v) is 8.74. The van der Waals surface area contributed by atoms with E-state index in [2.05, 4.69) is 21.7 Å². The third-order valence-corrected chi connectivity index (χ3v) is 5.08. The number of rotatable bonds is 4. The lowest BCUT2D eigenvalue weighted by Gasteiger charge is -2.24. The number of nitrogens with one attached hydrogen (secondary N) is 1. The molecule has 6 heteroatoms. The van der Waals surface area contributed by atoms with Gasteiger partial charge in [-0.25, -0.2) is 9.78 Å². The average Bonchev–Trinajstić information content (AvgIpc) is 3.23. The Morgan fingerprint density at radius 1 is 1.43 bits per heavy atom. The van der Waals surface area contributed by atoms with Gasteiger partial charge in [-0.2, -0.15) is 0 Å². The zero-order valence-corrected chi connectivity index (χ0v) is 14.3. The van der Waals surface area contributed by atoms with Gasteiger partial charge in [-0.1, -0.05) is 12.1 Å². The third kappa shape index (κ3) is 3.47. The molecule has 0 radical (unpaired) electrons. The molecule has 3 rings (SSSR count). The van der Waals surface area contributed by atoms with Crippen LogP contribution in [0.5, 0.6) is 0 Å². The van der Waals surface area contributed by atoms with Crippen LogP contribution < -0.4 is 10.2 Å². The number of anilines is 1. The quantitative estimate of drug-likeness (QED) is 0.936. The highest BCUT2D eigenvalue weighted by molar-refractivity contribution is 7.10. The largest absolute Gasteiger partial charge is 0.362 e. The van der Waals surface area contributed by atoms with Crippen LogP contribution in [-0.2, 0) is 6.54 Å². The first-order chi connectivity index (χ1) is 11.2. The fraction of sp³-hybridized carbons (Fsp3) is 0.412. The van der Waals surface area contributed by atoms with Crippen LogP contribution in [0.15, 0.2) is 35.8 Å². The Labute approximate surface area is 140 Å². The fourth-order valence-electron chi connectivity index (χ4n) is 3.03. The van der Waals surface area contributed by atoms with Gasteiger partial charge in [0.15, 0.2) is 0 Å². The summed E-state index contributed by atoms with van der Waals surface area (Å²) < 4.78 is 0. The van der Waals surface area contributed by atoms with Gasteiger partial charge in [0.2, 0.25) is 0 Å². The fourth-order valence-corrected chi connectivity index (χ4v) is 3.90. The molecule has 3 heterocycles. The number of carbonyl (C=O) groups excluding carboxylic acids is 1. The monoisotopic (exact) mass is 330 g/mol. The van der Waals surface area contributed by atoms with E-state index in [-0.39, 0.29) is 12.1 Å². The summed E-state index contributed by atoms with van der Waals surface area (Å²) in [6, 6.07) is 8.30. The van der Waals surface area contributed by atoms with Gasteiger partial charge >= 0.3 is 6.03 Å². The number of likely N-dealkylation sites (tertiary alicyclic amines) is 1. The Morgan fingerprint density at radius 3 is 3.04 bits per heavy atom. The van der Waals surface area contributed by atoms with E-state index in [0.717, 1.165) is 30.8 Å². The lowest BCUT2D eigenvalue weighted by molar-refractivity contribution is 0.193. The SMILES string of the molecule is CN(C)c1ncccc1CNC(=O)N1CCCC1c1cccs1. The van der Waals surface area contributed by atoms with Crippen molar-refractivity contribution in [2.45, 2.75) is 25.4 Å². The molecule has 0 saturated carbocycles. The summed E-state index contributed by atoms with van der Waals surface area (Å²) >= 11 is 1.72. The standard InChI is InChI=1S/C17H22N4OS/c1-20(2)16-13(6-3-9-18-16)12-19-17(22)21-10-4-7-14(21)15-8-5-11-23-15/h3,5-6,8-9,11,14H,4,7,10,12H2,1-2H3,(H,19,22). The molecule has 1 N–H and O–H groups in total. The smallest absolute Gasteiger partial charge is 0.318 e. The van der Waals surface area contributed by atoms with Gasteiger partial charge in [-0.05, 0) is 30.4 Å². The van der Waals surface area contributed by atoms with Crippen molar-refractivity contribution in [3.8, 4) is 0 Å².